The predicted molar refractivity (Wildman–Crippen MR) is 118 cm³/mol. The fraction of sp³-hybridized carbons (Fsp3) is 0.381. The van der Waals surface area contributed by atoms with Crippen LogP contribution in [-0.4, -0.2) is 44.3 Å². The van der Waals surface area contributed by atoms with Crippen molar-refractivity contribution in [2.24, 2.45) is 0 Å². The first-order valence-electron chi connectivity index (χ1n) is 9.93. The molecule has 0 aromatic heterocycles. The lowest BCUT2D eigenvalue weighted by molar-refractivity contribution is -0.130. The van der Waals surface area contributed by atoms with Crippen LogP contribution in [0.15, 0.2) is 47.4 Å². The molecule has 0 bridgehead atoms. The van der Waals surface area contributed by atoms with Crippen molar-refractivity contribution in [1.29, 1.82) is 0 Å². The highest BCUT2D eigenvalue weighted by Gasteiger charge is 2.34. The average molecular weight is 505 g/mol. The SMILES string of the molecule is O=C(C[C@H]1CC[C@@H](NS(=O)(=O)c2ccc(F)cc2)[C@H](CO)O1)NCc1ccc(Cl)c(Cl)c1. The quantitative estimate of drug-likeness (QED) is 0.512. The first kappa shape index (κ1) is 24.9. The molecule has 1 fully saturated rings. The number of sulfonamides is 1. The molecule has 0 saturated carbocycles. The van der Waals surface area contributed by atoms with E-state index in [1.807, 2.05) is 0 Å². The van der Waals surface area contributed by atoms with E-state index in [0.29, 0.717) is 22.9 Å². The normalized spacial score (nSPS) is 21.3. The van der Waals surface area contributed by atoms with E-state index in [-0.39, 0.29) is 23.8 Å². The van der Waals surface area contributed by atoms with Crippen LogP contribution in [0.5, 0.6) is 0 Å². The minimum absolute atomic E-state index is 0.0647. The summed E-state index contributed by atoms with van der Waals surface area (Å²) in [6.07, 6.45) is -0.418. The Hall–Kier alpha value is -1.75. The van der Waals surface area contributed by atoms with Crippen LogP contribution in [0.4, 0.5) is 4.39 Å². The van der Waals surface area contributed by atoms with Crippen LogP contribution in [-0.2, 0) is 26.1 Å². The number of rotatable bonds is 8. The van der Waals surface area contributed by atoms with Gasteiger partial charge in [-0.1, -0.05) is 29.3 Å². The fourth-order valence-electron chi connectivity index (χ4n) is 3.43. The molecule has 32 heavy (non-hydrogen) atoms. The molecule has 2 aromatic rings. The Morgan fingerprint density at radius 1 is 1.12 bits per heavy atom. The number of hydrogen-bond acceptors (Lipinski definition) is 5. The minimum Gasteiger partial charge on any atom is -0.394 e. The molecular formula is C21H23Cl2FN2O5S. The summed E-state index contributed by atoms with van der Waals surface area (Å²) < 4.78 is 46.4. The highest BCUT2D eigenvalue weighted by Crippen LogP contribution is 2.24. The topological polar surface area (TPSA) is 105 Å². The van der Waals surface area contributed by atoms with Crippen molar-refractivity contribution in [3.63, 3.8) is 0 Å². The number of benzene rings is 2. The van der Waals surface area contributed by atoms with E-state index in [1.165, 1.54) is 0 Å². The molecule has 174 valence electrons. The second-order valence-corrected chi connectivity index (χ2v) is 10.00. The van der Waals surface area contributed by atoms with Gasteiger partial charge in [-0.3, -0.25) is 4.79 Å². The molecule has 3 N–H and O–H groups in total. The molecule has 0 spiro atoms. The Morgan fingerprint density at radius 3 is 2.50 bits per heavy atom. The van der Waals surface area contributed by atoms with Crippen molar-refractivity contribution in [2.45, 2.75) is 49.0 Å². The van der Waals surface area contributed by atoms with Gasteiger partial charge in [0.25, 0.3) is 0 Å². The number of nitrogens with one attached hydrogen (secondary N) is 2. The third-order valence-electron chi connectivity index (χ3n) is 5.11. The van der Waals surface area contributed by atoms with Crippen LogP contribution in [0.3, 0.4) is 0 Å². The maximum absolute atomic E-state index is 13.1. The maximum Gasteiger partial charge on any atom is 0.240 e. The summed E-state index contributed by atoms with van der Waals surface area (Å²) in [5.74, 6) is -0.790. The van der Waals surface area contributed by atoms with Crippen LogP contribution < -0.4 is 10.0 Å². The Labute approximate surface area is 195 Å². The van der Waals surface area contributed by atoms with E-state index in [2.05, 4.69) is 10.0 Å². The van der Waals surface area contributed by atoms with Crippen LogP contribution in [0.25, 0.3) is 0 Å². The molecule has 3 atom stereocenters. The van der Waals surface area contributed by atoms with Gasteiger partial charge in [-0.2, -0.15) is 0 Å². The Bertz CT molecular complexity index is 1050. The van der Waals surface area contributed by atoms with Gasteiger partial charge in [0.1, 0.15) is 5.82 Å². The molecule has 0 unspecified atom stereocenters. The number of halogens is 3. The second kappa shape index (κ2) is 10.9. The van der Waals surface area contributed by atoms with Crippen molar-refractivity contribution >= 4 is 39.1 Å². The van der Waals surface area contributed by atoms with Gasteiger partial charge >= 0.3 is 0 Å². The minimum atomic E-state index is -3.91. The summed E-state index contributed by atoms with van der Waals surface area (Å²) >= 11 is 11.8. The van der Waals surface area contributed by atoms with Gasteiger partial charge in [-0.05, 0) is 54.8 Å². The molecule has 3 rings (SSSR count). The van der Waals surface area contributed by atoms with E-state index in [1.54, 1.807) is 18.2 Å². The van der Waals surface area contributed by atoms with Gasteiger partial charge in [-0.15, -0.1) is 0 Å². The molecule has 0 aliphatic carbocycles. The molecule has 1 heterocycles. The molecule has 1 aliphatic rings. The lowest BCUT2D eigenvalue weighted by Gasteiger charge is -2.35. The molecular weight excluding hydrogens is 482 g/mol. The molecule has 1 aliphatic heterocycles. The monoisotopic (exact) mass is 504 g/mol. The summed E-state index contributed by atoms with van der Waals surface area (Å²) in [4.78, 5) is 12.2. The van der Waals surface area contributed by atoms with Gasteiger partial charge in [0, 0.05) is 6.54 Å². The average Bonchev–Trinajstić information content (AvgIpc) is 2.75. The van der Waals surface area contributed by atoms with Gasteiger partial charge in [0.05, 0.1) is 46.2 Å². The zero-order valence-electron chi connectivity index (χ0n) is 16.9. The lowest BCUT2D eigenvalue weighted by Crippen LogP contribution is -2.51. The number of aliphatic hydroxyl groups excluding tert-OH is 1. The van der Waals surface area contributed by atoms with E-state index < -0.39 is 40.7 Å². The maximum atomic E-state index is 13.1. The zero-order valence-corrected chi connectivity index (χ0v) is 19.3. The number of carbonyl (C=O) groups excluding carboxylic acids is 1. The van der Waals surface area contributed by atoms with Crippen LogP contribution in [0, 0.1) is 5.82 Å². The number of ether oxygens (including phenoxy) is 1. The molecule has 2 aromatic carbocycles. The van der Waals surface area contributed by atoms with Gasteiger partial charge in [0.15, 0.2) is 0 Å². The lowest BCUT2D eigenvalue weighted by atomic mass is 9.98. The molecule has 1 saturated heterocycles. The Balaban J connectivity index is 1.52. The largest absolute Gasteiger partial charge is 0.394 e. The standard InChI is InChI=1S/C21H23Cl2FN2O5S/c22-17-7-1-13(9-18(17)23)11-25-21(28)10-15-4-8-19(20(12-27)31-15)26-32(29,30)16-5-2-14(24)3-6-16/h1-3,5-7,9,15,19-20,26-27H,4,8,10-12H2,(H,25,28)/t15-,19-,20+/m1/s1. The predicted octanol–water partition coefficient (Wildman–Crippen LogP) is 3.03. The van der Waals surface area contributed by atoms with Crippen molar-refractivity contribution in [3.8, 4) is 0 Å². The second-order valence-electron chi connectivity index (χ2n) is 7.47. The number of hydrogen-bond donors (Lipinski definition) is 3. The summed E-state index contributed by atoms with van der Waals surface area (Å²) in [6, 6.07) is 8.84. The van der Waals surface area contributed by atoms with E-state index >= 15 is 0 Å². The Kier molecular flexibility index (Phi) is 8.49. The van der Waals surface area contributed by atoms with Crippen molar-refractivity contribution < 1.29 is 27.4 Å². The Morgan fingerprint density at radius 2 is 1.84 bits per heavy atom. The van der Waals surface area contributed by atoms with Gasteiger partial charge in [-0.25, -0.2) is 17.5 Å². The summed E-state index contributed by atoms with van der Waals surface area (Å²) in [5, 5.41) is 13.3. The molecule has 1 amide bonds. The first-order valence-corrected chi connectivity index (χ1v) is 12.2. The molecule has 11 heteroatoms. The van der Waals surface area contributed by atoms with Crippen LogP contribution in [0.2, 0.25) is 10.0 Å². The molecule has 0 radical (unpaired) electrons. The molecule has 7 nitrogen and oxygen atoms in total. The third-order valence-corrected chi connectivity index (χ3v) is 7.36. The van der Waals surface area contributed by atoms with Gasteiger partial charge in [0.2, 0.25) is 15.9 Å². The van der Waals surface area contributed by atoms with E-state index in [9.17, 15) is 22.7 Å². The number of carbonyl (C=O) groups is 1. The first-order chi connectivity index (χ1) is 15.2. The van der Waals surface area contributed by atoms with Crippen molar-refractivity contribution in [3.05, 3.63) is 63.9 Å². The van der Waals surface area contributed by atoms with Crippen molar-refractivity contribution in [2.75, 3.05) is 6.61 Å². The van der Waals surface area contributed by atoms with Crippen LogP contribution in [0.1, 0.15) is 24.8 Å². The summed E-state index contributed by atoms with van der Waals surface area (Å²) in [5.41, 5.74) is 0.792. The number of amides is 1. The highest BCUT2D eigenvalue weighted by atomic mass is 35.5. The fourth-order valence-corrected chi connectivity index (χ4v) is 5.05. The number of aliphatic hydroxyl groups is 1. The van der Waals surface area contributed by atoms with E-state index in [0.717, 1.165) is 29.8 Å². The third kappa shape index (κ3) is 6.63. The zero-order chi connectivity index (χ0) is 23.3. The highest BCUT2D eigenvalue weighted by molar-refractivity contribution is 7.89. The summed E-state index contributed by atoms with van der Waals surface area (Å²) in [6.45, 7) is -0.149. The summed E-state index contributed by atoms with van der Waals surface area (Å²) in [7, 11) is -3.91. The van der Waals surface area contributed by atoms with Crippen molar-refractivity contribution in [1.82, 2.24) is 10.0 Å². The smallest absolute Gasteiger partial charge is 0.240 e. The van der Waals surface area contributed by atoms with Crippen LogP contribution >= 0.6 is 23.2 Å². The van der Waals surface area contributed by atoms with Gasteiger partial charge < -0.3 is 15.2 Å². The van der Waals surface area contributed by atoms with E-state index in [4.69, 9.17) is 27.9 Å².